The largest absolute Gasteiger partial charge is 0.305 e. The summed E-state index contributed by atoms with van der Waals surface area (Å²) in [5.41, 5.74) is 4.27. The average molecular weight is 378 g/mol. The van der Waals surface area contributed by atoms with E-state index in [-0.39, 0.29) is 5.91 Å². The van der Waals surface area contributed by atoms with E-state index >= 15 is 0 Å². The molecule has 7 heteroatoms. The molecule has 1 aromatic carbocycles. The first-order chi connectivity index (χ1) is 10.6. The minimum Gasteiger partial charge on any atom is -0.305 e. The number of pyridine rings is 1. The van der Waals surface area contributed by atoms with E-state index in [0.717, 1.165) is 10.0 Å². The average Bonchev–Trinajstić information content (AvgIpc) is 2.92. The molecule has 0 saturated heterocycles. The smallest absolute Gasteiger partial charge is 0.291 e. The quantitative estimate of drug-likeness (QED) is 0.561. The number of amides is 1. The Balaban J connectivity index is 1.71. The summed E-state index contributed by atoms with van der Waals surface area (Å²) in [6.07, 6.45) is 5.02. The van der Waals surface area contributed by atoms with Gasteiger partial charge < -0.3 is 4.40 Å². The van der Waals surface area contributed by atoms with Crippen LogP contribution < -0.4 is 5.43 Å². The Morgan fingerprint density at radius 1 is 1.23 bits per heavy atom. The fraction of sp³-hybridized carbons (Fsp3) is 0. The zero-order valence-electron chi connectivity index (χ0n) is 11.2. The molecule has 0 radical (unpaired) electrons. The molecule has 1 N–H and O–H groups in total. The summed E-state index contributed by atoms with van der Waals surface area (Å²) in [6.45, 7) is 0. The summed E-state index contributed by atoms with van der Waals surface area (Å²) >= 11 is 9.17. The summed E-state index contributed by atoms with van der Waals surface area (Å²) in [7, 11) is 0. The fourth-order valence-electron chi connectivity index (χ4n) is 1.85. The minimum atomic E-state index is -0.370. The number of hydrogen-bond acceptors (Lipinski definition) is 3. The van der Waals surface area contributed by atoms with Gasteiger partial charge in [-0.1, -0.05) is 23.7 Å². The summed E-state index contributed by atoms with van der Waals surface area (Å²) in [6, 6.07) is 10.8. The van der Waals surface area contributed by atoms with Gasteiger partial charge in [0.1, 0.15) is 11.3 Å². The number of halogens is 2. The lowest BCUT2D eigenvalue weighted by atomic mass is 10.2. The summed E-state index contributed by atoms with van der Waals surface area (Å²) in [5, 5.41) is 4.56. The highest BCUT2D eigenvalue weighted by molar-refractivity contribution is 9.10. The molecule has 1 amide bonds. The van der Waals surface area contributed by atoms with Crippen molar-refractivity contribution in [1.29, 1.82) is 0 Å². The number of nitrogens with zero attached hydrogens (tertiary/aromatic N) is 3. The molecular weight excluding hydrogens is 368 g/mol. The third-order valence-corrected chi connectivity index (χ3v) is 3.62. The monoisotopic (exact) mass is 376 g/mol. The van der Waals surface area contributed by atoms with Gasteiger partial charge in [0, 0.05) is 21.9 Å². The number of rotatable bonds is 3. The lowest BCUT2D eigenvalue weighted by molar-refractivity contribution is 0.0951. The van der Waals surface area contributed by atoms with Crippen LogP contribution in [0.3, 0.4) is 0 Å². The van der Waals surface area contributed by atoms with Crippen molar-refractivity contribution in [3.05, 3.63) is 69.5 Å². The normalized spacial score (nSPS) is 11.2. The second kappa shape index (κ2) is 6.29. The second-order valence-corrected chi connectivity index (χ2v) is 5.84. The second-order valence-electron chi connectivity index (χ2n) is 4.49. The van der Waals surface area contributed by atoms with Gasteiger partial charge in [0.15, 0.2) is 0 Å². The van der Waals surface area contributed by atoms with Gasteiger partial charge >= 0.3 is 0 Å². The van der Waals surface area contributed by atoms with E-state index in [4.69, 9.17) is 11.6 Å². The lowest BCUT2D eigenvalue weighted by Gasteiger charge is -1.95. The molecule has 3 rings (SSSR count). The van der Waals surface area contributed by atoms with Crippen molar-refractivity contribution in [2.45, 2.75) is 0 Å². The molecule has 0 aliphatic heterocycles. The molecule has 5 nitrogen and oxygen atoms in total. The molecule has 0 fully saturated rings. The maximum Gasteiger partial charge on any atom is 0.291 e. The first-order valence-corrected chi connectivity index (χ1v) is 7.52. The Bertz CT molecular complexity index is 858. The topological polar surface area (TPSA) is 58.8 Å². The molecule has 0 bridgehead atoms. The van der Waals surface area contributed by atoms with Gasteiger partial charge in [-0.05, 0) is 45.8 Å². The Labute approximate surface area is 139 Å². The molecule has 0 atom stereocenters. The molecule has 0 unspecified atom stereocenters. The Kier molecular flexibility index (Phi) is 4.22. The van der Waals surface area contributed by atoms with Crippen LogP contribution in [0.25, 0.3) is 5.65 Å². The van der Waals surface area contributed by atoms with Gasteiger partial charge in [0.25, 0.3) is 5.91 Å². The molecular formula is C15H10BrClN4O. The number of hydrogen-bond donors (Lipinski definition) is 1. The van der Waals surface area contributed by atoms with Crippen molar-refractivity contribution in [3.8, 4) is 0 Å². The van der Waals surface area contributed by atoms with Crippen LogP contribution in [0.4, 0.5) is 0 Å². The third kappa shape index (κ3) is 3.35. The van der Waals surface area contributed by atoms with Crippen molar-refractivity contribution in [3.63, 3.8) is 0 Å². The number of nitrogens with one attached hydrogen (secondary N) is 1. The van der Waals surface area contributed by atoms with Gasteiger partial charge in [0.2, 0.25) is 0 Å². The number of benzene rings is 1. The number of imidazole rings is 1. The van der Waals surface area contributed by atoms with Crippen LogP contribution in [-0.4, -0.2) is 21.5 Å². The van der Waals surface area contributed by atoms with E-state index < -0.39 is 0 Å². The van der Waals surface area contributed by atoms with Crippen molar-refractivity contribution in [2.75, 3.05) is 0 Å². The Morgan fingerprint density at radius 2 is 2.00 bits per heavy atom. The molecule has 0 saturated carbocycles. The first-order valence-electron chi connectivity index (χ1n) is 6.35. The van der Waals surface area contributed by atoms with E-state index in [9.17, 15) is 4.79 Å². The van der Waals surface area contributed by atoms with Crippen LogP contribution in [0, 0.1) is 0 Å². The van der Waals surface area contributed by atoms with Gasteiger partial charge in [0.05, 0.1) is 6.21 Å². The predicted molar refractivity (Wildman–Crippen MR) is 89.4 cm³/mol. The molecule has 0 aliphatic carbocycles. The number of carbonyl (C=O) groups is 1. The van der Waals surface area contributed by atoms with E-state index in [2.05, 4.69) is 31.4 Å². The van der Waals surface area contributed by atoms with Crippen LogP contribution in [0.1, 0.15) is 16.1 Å². The third-order valence-electron chi connectivity index (χ3n) is 2.90. The standard InChI is InChI=1S/C15H10BrClN4O/c16-11-3-6-14-19-13(9-21(14)8-11)15(22)20-18-7-10-1-4-12(17)5-2-10/h1-9H,(H,20,22)/b18-7-. The van der Waals surface area contributed by atoms with Crippen molar-refractivity contribution < 1.29 is 4.79 Å². The van der Waals surface area contributed by atoms with Gasteiger partial charge in [-0.25, -0.2) is 10.4 Å². The SMILES string of the molecule is O=C(N/N=C\c1ccc(Cl)cc1)c1cn2cc(Br)ccc2n1. The maximum absolute atomic E-state index is 12.0. The molecule has 22 heavy (non-hydrogen) atoms. The zero-order valence-corrected chi connectivity index (χ0v) is 13.5. The van der Waals surface area contributed by atoms with Gasteiger partial charge in [-0.15, -0.1) is 0 Å². The highest BCUT2D eigenvalue weighted by Crippen LogP contribution is 2.12. The van der Waals surface area contributed by atoms with Crippen LogP contribution in [0.2, 0.25) is 5.02 Å². The maximum atomic E-state index is 12.0. The van der Waals surface area contributed by atoms with Crippen LogP contribution in [-0.2, 0) is 0 Å². The summed E-state index contributed by atoms with van der Waals surface area (Å²) in [5.74, 6) is -0.370. The van der Waals surface area contributed by atoms with Gasteiger partial charge in [-0.2, -0.15) is 5.10 Å². The van der Waals surface area contributed by atoms with E-state index in [1.54, 1.807) is 41.1 Å². The molecule has 3 aromatic rings. The number of aromatic nitrogens is 2. The van der Waals surface area contributed by atoms with Crippen LogP contribution >= 0.6 is 27.5 Å². The molecule has 2 aromatic heterocycles. The number of hydrazone groups is 1. The number of carbonyl (C=O) groups excluding carboxylic acids is 1. The van der Waals surface area contributed by atoms with E-state index in [1.807, 2.05) is 18.3 Å². The minimum absolute atomic E-state index is 0.298. The van der Waals surface area contributed by atoms with Crippen molar-refractivity contribution >= 4 is 45.3 Å². The summed E-state index contributed by atoms with van der Waals surface area (Å²) < 4.78 is 2.67. The van der Waals surface area contributed by atoms with E-state index in [0.29, 0.717) is 16.4 Å². The molecule has 0 spiro atoms. The highest BCUT2D eigenvalue weighted by atomic mass is 79.9. The first kappa shape index (κ1) is 14.7. The van der Waals surface area contributed by atoms with Gasteiger partial charge in [-0.3, -0.25) is 4.79 Å². The Morgan fingerprint density at radius 3 is 2.77 bits per heavy atom. The molecule has 0 aliphatic rings. The van der Waals surface area contributed by atoms with Crippen LogP contribution in [0.5, 0.6) is 0 Å². The van der Waals surface area contributed by atoms with Crippen molar-refractivity contribution in [2.24, 2.45) is 5.10 Å². The zero-order chi connectivity index (χ0) is 15.5. The molecule has 110 valence electrons. The lowest BCUT2D eigenvalue weighted by Crippen LogP contribution is -2.17. The fourth-order valence-corrected chi connectivity index (χ4v) is 2.32. The summed E-state index contributed by atoms with van der Waals surface area (Å²) in [4.78, 5) is 16.2. The van der Waals surface area contributed by atoms with Crippen LogP contribution in [0.15, 0.2) is 58.4 Å². The van der Waals surface area contributed by atoms with Crippen molar-refractivity contribution in [1.82, 2.24) is 14.8 Å². The Hall–Kier alpha value is -2.18. The van der Waals surface area contributed by atoms with E-state index in [1.165, 1.54) is 0 Å². The molecule has 2 heterocycles. The number of fused-ring (bicyclic) bond motifs is 1. The predicted octanol–water partition coefficient (Wildman–Crippen LogP) is 3.51. The highest BCUT2D eigenvalue weighted by Gasteiger charge is 2.09.